The molecule has 4 heterocycles. The molecule has 1 N–H and O–H groups in total. The van der Waals surface area contributed by atoms with Crippen LogP contribution in [0.4, 0.5) is 19.0 Å². The maximum absolute atomic E-state index is 13.0. The number of hydrogen-bond donors (Lipinski definition) is 1. The van der Waals surface area contributed by atoms with Gasteiger partial charge in [0.2, 0.25) is 11.8 Å². The van der Waals surface area contributed by atoms with Crippen LogP contribution in [0.25, 0.3) is 0 Å². The van der Waals surface area contributed by atoms with Crippen LogP contribution in [0.5, 0.6) is 0 Å². The summed E-state index contributed by atoms with van der Waals surface area (Å²) in [6, 6.07) is 0.972. The number of piperidine rings is 1. The standard InChI is InChI=1S/C20H26F3N5O3/c21-20(22,23)16-10-17(25-12-24-16)26-14-1-5-27(6-2-14)19(30)13-9-18(29)28(11-13)15-3-7-31-8-4-15/h10,12-15H,1-9,11H2,(H,24,25,26). The van der Waals surface area contributed by atoms with Gasteiger partial charge in [-0.2, -0.15) is 13.2 Å². The topological polar surface area (TPSA) is 87.7 Å². The second-order valence-corrected chi connectivity index (χ2v) is 8.32. The zero-order valence-electron chi connectivity index (χ0n) is 17.1. The molecule has 4 rings (SSSR count). The van der Waals surface area contributed by atoms with Crippen LogP contribution in [-0.4, -0.2) is 76.5 Å². The van der Waals surface area contributed by atoms with Crippen molar-refractivity contribution >= 4 is 17.6 Å². The number of nitrogens with one attached hydrogen (secondary N) is 1. The predicted octanol–water partition coefficient (Wildman–Crippen LogP) is 1.93. The Bertz CT molecular complexity index is 807. The minimum absolute atomic E-state index is 0.0113. The molecule has 170 valence electrons. The smallest absolute Gasteiger partial charge is 0.381 e. The Morgan fingerprint density at radius 2 is 1.84 bits per heavy atom. The maximum atomic E-state index is 13.0. The van der Waals surface area contributed by atoms with Crippen LogP contribution in [0.1, 0.15) is 37.8 Å². The van der Waals surface area contributed by atoms with Gasteiger partial charge in [-0.15, -0.1) is 0 Å². The van der Waals surface area contributed by atoms with Crippen molar-refractivity contribution in [2.45, 2.75) is 50.4 Å². The number of ether oxygens (including phenoxy) is 1. The van der Waals surface area contributed by atoms with E-state index in [9.17, 15) is 22.8 Å². The first-order valence-corrected chi connectivity index (χ1v) is 10.6. The summed E-state index contributed by atoms with van der Waals surface area (Å²) in [5.74, 6) is -0.176. The molecule has 1 atom stereocenters. The van der Waals surface area contributed by atoms with Crippen molar-refractivity contribution in [2.24, 2.45) is 5.92 Å². The zero-order valence-corrected chi connectivity index (χ0v) is 17.1. The third-order valence-electron chi connectivity index (χ3n) is 6.26. The molecule has 0 aliphatic carbocycles. The molecule has 3 aliphatic rings. The van der Waals surface area contributed by atoms with Gasteiger partial charge in [0.15, 0.2) is 0 Å². The second-order valence-electron chi connectivity index (χ2n) is 8.32. The third-order valence-corrected chi connectivity index (χ3v) is 6.26. The summed E-state index contributed by atoms with van der Waals surface area (Å²) in [6.07, 6.45) is -0.568. The monoisotopic (exact) mass is 441 g/mol. The molecular weight excluding hydrogens is 415 g/mol. The minimum Gasteiger partial charge on any atom is -0.381 e. The van der Waals surface area contributed by atoms with E-state index in [1.165, 1.54) is 0 Å². The minimum atomic E-state index is -4.52. The number of aromatic nitrogens is 2. The maximum Gasteiger partial charge on any atom is 0.433 e. The molecule has 8 nitrogen and oxygen atoms in total. The van der Waals surface area contributed by atoms with Gasteiger partial charge in [0, 0.05) is 57.4 Å². The van der Waals surface area contributed by atoms with Crippen LogP contribution >= 0.6 is 0 Å². The second kappa shape index (κ2) is 8.97. The molecule has 0 aromatic carbocycles. The Kier molecular flexibility index (Phi) is 6.31. The molecule has 3 fully saturated rings. The molecule has 3 saturated heterocycles. The van der Waals surface area contributed by atoms with E-state index in [0.717, 1.165) is 25.2 Å². The summed E-state index contributed by atoms with van der Waals surface area (Å²) in [4.78, 5) is 36.1. The number of carbonyl (C=O) groups is 2. The van der Waals surface area contributed by atoms with Gasteiger partial charge in [-0.1, -0.05) is 0 Å². The first-order valence-electron chi connectivity index (χ1n) is 10.6. The predicted molar refractivity (Wildman–Crippen MR) is 104 cm³/mol. The van der Waals surface area contributed by atoms with Crippen LogP contribution in [0.2, 0.25) is 0 Å². The van der Waals surface area contributed by atoms with E-state index in [0.29, 0.717) is 45.7 Å². The fraction of sp³-hybridized carbons (Fsp3) is 0.700. The Morgan fingerprint density at radius 3 is 2.52 bits per heavy atom. The molecule has 11 heteroatoms. The third kappa shape index (κ3) is 5.08. The van der Waals surface area contributed by atoms with Gasteiger partial charge in [-0.3, -0.25) is 9.59 Å². The normalized spacial score (nSPS) is 24.0. The first kappa shape index (κ1) is 21.8. The van der Waals surface area contributed by atoms with Crippen molar-refractivity contribution < 1.29 is 27.5 Å². The van der Waals surface area contributed by atoms with E-state index in [4.69, 9.17) is 4.74 Å². The molecular formula is C20H26F3N5O3. The number of amides is 2. The quantitative estimate of drug-likeness (QED) is 0.768. The van der Waals surface area contributed by atoms with Gasteiger partial charge in [0.05, 0.1) is 5.92 Å². The molecule has 3 aliphatic heterocycles. The molecule has 0 bridgehead atoms. The largest absolute Gasteiger partial charge is 0.433 e. The molecule has 31 heavy (non-hydrogen) atoms. The molecule has 1 aromatic rings. The van der Waals surface area contributed by atoms with Crippen molar-refractivity contribution in [3.63, 3.8) is 0 Å². The highest BCUT2D eigenvalue weighted by Gasteiger charge is 2.40. The van der Waals surface area contributed by atoms with Crippen LogP contribution in [0.3, 0.4) is 0 Å². The molecule has 0 radical (unpaired) electrons. The van der Waals surface area contributed by atoms with Crippen molar-refractivity contribution in [3.8, 4) is 0 Å². The van der Waals surface area contributed by atoms with Gasteiger partial charge in [-0.05, 0) is 25.7 Å². The lowest BCUT2D eigenvalue weighted by molar-refractivity contribution is -0.141. The van der Waals surface area contributed by atoms with Gasteiger partial charge in [0.25, 0.3) is 0 Å². The fourth-order valence-electron chi connectivity index (χ4n) is 4.55. The summed E-state index contributed by atoms with van der Waals surface area (Å²) in [7, 11) is 0. The zero-order chi connectivity index (χ0) is 22.0. The lowest BCUT2D eigenvalue weighted by Crippen LogP contribution is -2.46. The van der Waals surface area contributed by atoms with E-state index in [2.05, 4.69) is 15.3 Å². The van der Waals surface area contributed by atoms with Gasteiger partial charge in [-0.25, -0.2) is 9.97 Å². The Balaban J connectivity index is 1.28. The summed E-state index contributed by atoms with van der Waals surface area (Å²) >= 11 is 0. The van der Waals surface area contributed by atoms with Crippen LogP contribution < -0.4 is 5.32 Å². The number of likely N-dealkylation sites (tertiary alicyclic amines) is 2. The number of anilines is 1. The molecule has 1 unspecified atom stereocenters. The molecule has 1 aromatic heterocycles. The summed E-state index contributed by atoms with van der Waals surface area (Å²) in [5, 5.41) is 3.02. The summed E-state index contributed by atoms with van der Waals surface area (Å²) in [6.45, 7) is 2.74. The number of halogens is 3. The Hall–Kier alpha value is -2.43. The van der Waals surface area contributed by atoms with Gasteiger partial charge < -0.3 is 19.9 Å². The van der Waals surface area contributed by atoms with E-state index in [-0.39, 0.29) is 42.1 Å². The number of rotatable bonds is 4. The van der Waals surface area contributed by atoms with E-state index >= 15 is 0 Å². The highest BCUT2D eigenvalue weighted by molar-refractivity contribution is 5.89. The van der Waals surface area contributed by atoms with Crippen LogP contribution in [0, 0.1) is 5.92 Å². The molecule has 0 spiro atoms. The molecule has 2 amide bonds. The van der Waals surface area contributed by atoms with Crippen molar-refractivity contribution in [3.05, 3.63) is 18.1 Å². The van der Waals surface area contributed by atoms with Crippen LogP contribution in [-0.2, 0) is 20.5 Å². The number of nitrogens with zero attached hydrogens (tertiary/aromatic N) is 4. The summed E-state index contributed by atoms with van der Waals surface area (Å²) in [5.41, 5.74) is -0.988. The van der Waals surface area contributed by atoms with E-state index < -0.39 is 11.9 Å². The number of carbonyl (C=O) groups excluding carboxylic acids is 2. The average molecular weight is 441 g/mol. The average Bonchev–Trinajstić information content (AvgIpc) is 3.16. The van der Waals surface area contributed by atoms with Gasteiger partial charge >= 0.3 is 6.18 Å². The van der Waals surface area contributed by atoms with Crippen molar-refractivity contribution in [2.75, 3.05) is 38.2 Å². The summed E-state index contributed by atoms with van der Waals surface area (Å²) < 4.78 is 43.8. The first-order chi connectivity index (χ1) is 14.8. The molecule has 0 saturated carbocycles. The Labute approximate surface area is 178 Å². The van der Waals surface area contributed by atoms with E-state index in [1.54, 1.807) is 4.90 Å². The lowest BCUT2D eigenvalue weighted by Gasteiger charge is -2.34. The highest BCUT2D eigenvalue weighted by atomic mass is 19.4. The van der Waals surface area contributed by atoms with Crippen molar-refractivity contribution in [1.82, 2.24) is 19.8 Å². The Morgan fingerprint density at radius 1 is 1.13 bits per heavy atom. The fourth-order valence-corrected chi connectivity index (χ4v) is 4.55. The number of hydrogen-bond acceptors (Lipinski definition) is 6. The van der Waals surface area contributed by atoms with Crippen molar-refractivity contribution in [1.29, 1.82) is 0 Å². The SMILES string of the molecule is O=C(C1CC(=O)N(C2CCOCC2)C1)N1CCC(Nc2cc(C(F)(F)F)ncn2)CC1. The van der Waals surface area contributed by atoms with Crippen LogP contribution in [0.15, 0.2) is 12.4 Å². The number of alkyl halides is 3. The van der Waals surface area contributed by atoms with E-state index in [1.807, 2.05) is 4.90 Å². The van der Waals surface area contributed by atoms with Gasteiger partial charge in [0.1, 0.15) is 17.8 Å². The lowest BCUT2D eigenvalue weighted by atomic mass is 10.0. The highest BCUT2D eigenvalue weighted by Crippen LogP contribution is 2.29.